The molecule has 1 saturated heterocycles. The number of fused-ring (bicyclic) bond motifs is 1. The lowest BCUT2D eigenvalue weighted by Gasteiger charge is -2.28. The smallest absolute Gasteiger partial charge is 0.280 e. The Bertz CT molecular complexity index is 1630. The third-order valence-corrected chi connectivity index (χ3v) is 8.77. The molecule has 0 aliphatic carbocycles. The molecular formula is C23H20ClN5O4S2. The van der Waals surface area contributed by atoms with Crippen LogP contribution in [0, 0.1) is 0 Å². The molecule has 0 unspecified atom stereocenters. The summed E-state index contributed by atoms with van der Waals surface area (Å²) in [7, 11) is -7.57. The van der Waals surface area contributed by atoms with Crippen molar-refractivity contribution in [2.75, 3.05) is 22.1 Å². The summed E-state index contributed by atoms with van der Waals surface area (Å²) in [6.45, 7) is 0.704. The molecule has 35 heavy (non-hydrogen) atoms. The van der Waals surface area contributed by atoms with Gasteiger partial charge in [-0.3, -0.25) is 14.0 Å². The van der Waals surface area contributed by atoms with E-state index in [1.54, 1.807) is 36.5 Å². The minimum atomic E-state index is -3.94. The van der Waals surface area contributed by atoms with Gasteiger partial charge >= 0.3 is 10.2 Å². The van der Waals surface area contributed by atoms with Crippen LogP contribution in [0.1, 0.15) is 6.42 Å². The van der Waals surface area contributed by atoms with Crippen LogP contribution in [0.15, 0.2) is 77.8 Å². The van der Waals surface area contributed by atoms with Crippen LogP contribution < -0.4 is 13.7 Å². The largest absolute Gasteiger partial charge is 0.301 e. The number of aromatic nitrogens is 2. The summed E-state index contributed by atoms with van der Waals surface area (Å²) in [6, 6.07) is 17.7. The van der Waals surface area contributed by atoms with Gasteiger partial charge in [0, 0.05) is 30.5 Å². The molecule has 5 rings (SSSR count). The first kappa shape index (κ1) is 23.5. The SMILES string of the molecule is O=S(=O)(Nc1ccc(Cl)c(-c2ccc3ncccc3n2)c1)c1ccc(N2CCCNS2(=O)=O)cc1. The number of nitrogens with zero attached hydrogens (tertiary/aromatic N) is 3. The molecule has 2 aromatic heterocycles. The van der Waals surface area contributed by atoms with E-state index in [9.17, 15) is 16.8 Å². The number of benzene rings is 2. The number of sulfonamides is 1. The third-order valence-electron chi connectivity index (χ3n) is 5.50. The predicted molar refractivity (Wildman–Crippen MR) is 136 cm³/mol. The lowest BCUT2D eigenvalue weighted by molar-refractivity contribution is 0.560. The molecule has 4 aromatic rings. The van der Waals surface area contributed by atoms with Gasteiger partial charge in [0.15, 0.2) is 0 Å². The van der Waals surface area contributed by atoms with Crippen molar-refractivity contribution in [2.24, 2.45) is 0 Å². The lowest BCUT2D eigenvalue weighted by Crippen LogP contribution is -2.47. The Balaban J connectivity index is 1.41. The molecule has 1 aliphatic heterocycles. The van der Waals surface area contributed by atoms with Gasteiger partial charge < -0.3 is 0 Å². The number of nitrogens with one attached hydrogen (secondary N) is 2. The number of pyridine rings is 2. The minimum absolute atomic E-state index is 0.00461. The summed E-state index contributed by atoms with van der Waals surface area (Å²) in [6.07, 6.45) is 2.34. The lowest BCUT2D eigenvalue weighted by atomic mass is 10.1. The van der Waals surface area contributed by atoms with Crippen LogP contribution in [0.25, 0.3) is 22.3 Å². The summed E-state index contributed by atoms with van der Waals surface area (Å²) in [4.78, 5) is 8.84. The Morgan fingerprint density at radius 3 is 2.57 bits per heavy atom. The van der Waals surface area contributed by atoms with E-state index < -0.39 is 20.2 Å². The molecule has 2 aromatic carbocycles. The Hall–Kier alpha value is -3.25. The highest BCUT2D eigenvalue weighted by Crippen LogP contribution is 2.31. The van der Waals surface area contributed by atoms with Crippen molar-refractivity contribution in [1.29, 1.82) is 0 Å². The summed E-state index contributed by atoms with van der Waals surface area (Å²) in [5.41, 5.74) is 3.28. The Morgan fingerprint density at radius 2 is 1.80 bits per heavy atom. The van der Waals surface area contributed by atoms with Gasteiger partial charge in [0.1, 0.15) is 0 Å². The Labute approximate surface area is 208 Å². The van der Waals surface area contributed by atoms with Crippen molar-refractivity contribution < 1.29 is 16.8 Å². The molecule has 0 saturated carbocycles. The quantitative estimate of drug-likeness (QED) is 0.405. The number of hydrogen-bond donors (Lipinski definition) is 2. The maximum absolute atomic E-state index is 13.0. The van der Waals surface area contributed by atoms with E-state index in [-0.39, 0.29) is 4.90 Å². The standard InChI is InChI=1S/C23H20ClN5O4S2/c24-20-9-4-16(15-19(20)21-10-11-22-23(27-21)3-1-12-25-22)28-34(30,31)18-7-5-17(6-8-18)29-14-2-13-26-35(29,32)33/h1,3-12,15,26,28H,2,13-14H2. The summed E-state index contributed by atoms with van der Waals surface area (Å²) in [5, 5.41) is 0.421. The fraction of sp³-hybridized carbons (Fsp3) is 0.130. The fourth-order valence-corrected chi connectivity index (χ4v) is 6.38. The zero-order valence-corrected chi connectivity index (χ0v) is 20.6. The van der Waals surface area contributed by atoms with Crippen LogP contribution in [-0.2, 0) is 20.2 Å². The predicted octanol–water partition coefficient (Wildman–Crippen LogP) is 3.80. The first-order valence-corrected chi connectivity index (χ1v) is 13.9. The van der Waals surface area contributed by atoms with Crippen LogP contribution in [0.4, 0.5) is 11.4 Å². The van der Waals surface area contributed by atoms with Crippen LogP contribution in [0.5, 0.6) is 0 Å². The average molecular weight is 530 g/mol. The molecular weight excluding hydrogens is 510 g/mol. The molecule has 0 radical (unpaired) electrons. The molecule has 180 valence electrons. The zero-order valence-electron chi connectivity index (χ0n) is 18.2. The second-order valence-electron chi connectivity index (χ2n) is 7.86. The summed E-state index contributed by atoms with van der Waals surface area (Å²) >= 11 is 6.39. The van der Waals surface area contributed by atoms with Crippen molar-refractivity contribution in [3.63, 3.8) is 0 Å². The van der Waals surface area contributed by atoms with Crippen molar-refractivity contribution >= 4 is 54.2 Å². The second kappa shape index (κ2) is 9.08. The summed E-state index contributed by atoms with van der Waals surface area (Å²) in [5.74, 6) is 0. The van der Waals surface area contributed by atoms with Gasteiger partial charge in [-0.25, -0.2) is 13.4 Å². The van der Waals surface area contributed by atoms with Crippen molar-refractivity contribution in [1.82, 2.24) is 14.7 Å². The van der Waals surface area contributed by atoms with Gasteiger partial charge in [-0.05, 0) is 73.2 Å². The Kier molecular flexibility index (Phi) is 6.09. The number of rotatable bonds is 5. The maximum atomic E-state index is 13.0. The van der Waals surface area contributed by atoms with E-state index in [0.29, 0.717) is 52.7 Å². The van der Waals surface area contributed by atoms with Crippen LogP contribution >= 0.6 is 11.6 Å². The van der Waals surface area contributed by atoms with E-state index in [1.807, 2.05) is 12.1 Å². The third kappa shape index (κ3) is 4.80. The highest BCUT2D eigenvalue weighted by Gasteiger charge is 2.26. The minimum Gasteiger partial charge on any atom is -0.280 e. The average Bonchev–Trinajstić information content (AvgIpc) is 2.84. The fourth-order valence-electron chi connectivity index (χ4n) is 3.79. The molecule has 1 aliphatic rings. The van der Waals surface area contributed by atoms with Crippen molar-refractivity contribution in [3.05, 3.63) is 77.9 Å². The van der Waals surface area contributed by atoms with Gasteiger partial charge in [-0.15, -0.1) is 0 Å². The molecule has 2 N–H and O–H groups in total. The van der Waals surface area contributed by atoms with Crippen LogP contribution in [0.3, 0.4) is 0 Å². The van der Waals surface area contributed by atoms with E-state index in [2.05, 4.69) is 19.4 Å². The monoisotopic (exact) mass is 529 g/mol. The van der Waals surface area contributed by atoms with E-state index in [1.165, 1.54) is 28.6 Å². The molecule has 9 nitrogen and oxygen atoms in total. The highest BCUT2D eigenvalue weighted by molar-refractivity contribution is 7.92. The van der Waals surface area contributed by atoms with E-state index >= 15 is 0 Å². The van der Waals surface area contributed by atoms with Crippen LogP contribution in [-0.4, -0.2) is 39.9 Å². The second-order valence-corrected chi connectivity index (χ2v) is 11.6. The van der Waals surface area contributed by atoms with Crippen molar-refractivity contribution in [3.8, 4) is 11.3 Å². The van der Waals surface area contributed by atoms with Gasteiger partial charge in [0.2, 0.25) is 0 Å². The van der Waals surface area contributed by atoms with Gasteiger partial charge in [0.05, 0.1) is 32.3 Å². The molecule has 0 bridgehead atoms. The topological polar surface area (TPSA) is 121 Å². The number of anilines is 2. The first-order chi connectivity index (χ1) is 16.7. The molecule has 12 heteroatoms. The molecule has 1 fully saturated rings. The van der Waals surface area contributed by atoms with Gasteiger partial charge in [0.25, 0.3) is 10.0 Å². The molecule has 3 heterocycles. The zero-order chi connectivity index (χ0) is 24.6. The summed E-state index contributed by atoms with van der Waals surface area (Å²) < 4.78 is 56.7. The number of hydrogen-bond acceptors (Lipinski definition) is 6. The highest BCUT2D eigenvalue weighted by atomic mass is 35.5. The Morgan fingerprint density at radius 1 is 1.00 bits per heavy atom. The maximum Gasteiger partial charge on any atom is 0.301 e. The molecule has 0 atom stereocenters. The van der Waals surface area contributed by atoms with Gasteiger partial charge in [-0.2, -0.15) is 13.1 Å². The number of halogens is 1. The normalized spacial score (nSPS) is 15.7. The van der Waals surface area contributed by atoms with E-state index in [0.717, 1.165) is 5.52 Å². The van der Waals surface area contributed by atoms with Crippen molar-refractivity contribution in [2.45, 2.75) is 11.3 Å². The van der Waals surface area contributed by atoms with E-state index in [4.69, 9.17) is 11.6 Å². The molecule has 0 amide bonds. The first-order valence-electron chi connectivity index (χ1n) is 10.6. The molecule has 0 spiro atoms. The van der Waals surface area contributed by atoms with Crippen LogP contribution in [0.2, 0.25) is 5.02 Å². The van der Waals surface area contributed by atoms with Gasteiger partial charge in [-0.1, -0.05) is 11.6 Å².